The predicted octanol–water partition coefficient (Wildman–Crippen LogP) is 2.07. The molecular formula is C12H15N3O. The number of rotatable bonds is 0. The minimum Gasteiger partial charge on any atom is -0.354 e. The van der Waals surface area contributed by atoms with Gasteiger partial charge in [0.05, 0.1) is 5.69 Å². The van der Waals surface area contributed by atoms with Crippen LogP contribution in [0.1, 0.15) is 31.4 Å². The number of fused-ring (bicyclic) bond motifs is 1. The number of pyridine rings is 1. The second-order valence-corrected chi connectivity index (χ2v) is 4.72. The van der Waals surface area contributed by atoms with E-state index < -0.39 is 5.54 Å². The minimum absolute atomic E-state index is 0.100. The zero-order valence-corrected chi connectivity index (χ0v) is 9.34. The van der Waals surface area contributed by atoms with Crippen molar-refractivity contribution in [3.05, 3.63) is 17.8 Å². The number of amides is 1. The third-order valence-electron chi connectivity index (χ3n) is 3.53. The molecule has 2 heterocycles. The highest BCUT2D eigenvalue weighted by atomic mass is 16.2. The molecule has 0 radical (unpaired) electrons. The Labute approximate surface area is 94.5 Å². The van der Waals surface area contributed by atoms with Crippen LogP contribution in [-0.2, 0) is 4.79 Å². The van der Waals surface area contributed by atoms with Crippen LogP contribution < -0.4 is 10.6 Å². The van der Waals surface area contributed by atoms with E-state index in [1.165, 1.54) is 0 Å². The van der Waals surface area contributed by atoms with Crippen molar-refractivity contribution < 1.29 is 4.79 Å². The number of carbonyl (C=O) groups excluding carboxylic acids is 1. The Bertz CT molecular complexity index is 450. The van der Waals surface area contributed by atoms with Crippen LogP contribution in [0.25, 0.3) is 0 Å². The molecule has 0 atom stereocenters. The van der Waals surface area contributed by atoms with Crippen LogP contribution in [0.15, 0.2) is 12.1 Å². The molecule has 0 saturated heterocycles. The molecule has 1 aliphatic heterocycles. The molecule has 2 aliphatic rings. The maximum Gasteiger partial charge on any atom is 0.250 e. The molecule has 4 nitrogen and oxygen atoms in total. The second kappa shape index (κ2) is 3.20. The fraction of sp³-hybridized carbons (Fsp3) is 0.500. The van der Waals surface area contributed by atoms with Crippen molar-refractivity contribution in [1.29, 1.82) is 0 Å². The SMILES string of the molecule is Cc1ccc2c(n1)NC1(CCCC1)C(=O)N2. The highest BCUT2D eigenvalue weighted by molar-refractivity contribution is 6.05. The van der Waals surface area contributed by atoms with Crippen molar-refractivity contribution in [3.8, 4) is 0 Å². The monoisotopic (exact) mass is 217 g/mol. The topological polar surface area (TPSA) is 54.0 Å². The number of aromatic nitrogens is 1. The van der Waals surface area contributed by atoms with Crippen molar-refractivity contribution >= 4 is 17.4 Å². The van der Waals surface area contributed by atoms with Crippen molar-refractivity contribution in [2.45, 2.75) is 38.1 Å². The summed E-state index contributed by atoms with van der Waals surface area (Å²) in [5.41, 5.74) is 1.37. The Morgan fingerprint density at radius 3 is 2.81 bits per heavy atom. The summed E-state index contributed by atoms with van der Waals surface area (Å²) in [5.74, 6) is 0.921. The lowest BCUT2D eigenvalue weighted by atomic mass is 9.94. The molecule has 0 bridgehead atoms. The number of nitrogens with zero attached hydrogens (tertiary/aromatic N) is 1. The van der Waals surface area contributed by atoms with Crippen LogP contribution >= 0.6 is 0 Å². The van der Waals surface area contributed by atoms with Crippen LogP contribution in [0.4, 0.5) is 11.5 Å². The first kappa shape index (κ1) is 9.63. The molecule has 1 saturated carbocycles. The summed E-state index contributed by atoms with van der Waals surface area (Å²) in [7, 11) is 0. The maximum atomic E-state index is 12.1. The van der Waals surface area contributed by atoms with Crippen molar-refractivity contribution in [1.82, 2.24) is 4.98 Å². The normalized spacial score (nSPS) is 21.4. The van der Waals surface area contributed by atoms with E-state index in [1.54, 1.807) is 0 Å². The van der Waals surface area contributed by atoms with Gasteiger partial charge in [0.15, 0.2) is 5.82 Å². The van der Waals surface area contributed by atoms with E-state index in [4.69, 9.17) is 0 Å². The standard InChI is InChI=1S/C12H15N3O/c1-8-4-5-9-10(13-8)15-12(11(16)14-9)6-2-3-7-12/h4-5H,2-3,6-7H2,1H3,(H,13,15)(H,14,16). The average Bonchev–Trinajstić information content (AvgIpc) is 2.70. The van der Waals surface area contributed by atoms with Gasteiger partial charge in [-0.15, -0.1) is 0 Å². The van der Waals surface area contributed by atoms with E-state index >= 15 is 0 Å². The van der Waals surface area contributed by atoms with Gasteiger partial charge in [0.1, 0.15) is 5.54 Å². The molecule has 0 unspecified atom stereocenters. The first-order valence-corrected chi connectivity index (χ1v) is 5.77. The molecule has 16 heavy (non-hydrogen) atoms. The lowest BCUT2D eigenvalue weighted by Gasteiger charge is -2.34. The zero-order valence-electron chi connectivity index (χ0n) is 9.34. The Hall–Kier alpha value is -1.58. The van der Waals surface area contributed by atoms with E-state index in [0.717, 1.165) is 42.9 Å². The lowest BCUT2D eigenvalue weighted by molar-refractivity contribution is -0.120. The highest BCUT2D eigenvalue weighted by Crippen LogP contribution is 2.39. The molecule has 1 fully saturated rings. The molecule has 1 spiro atoms. The van der Waals surface area contributed by atoms with Crippen LogP contribution in [0.5, 0.6) is 0 Å². The summed E-state index contributed by atoms with van der Waals surface area (Å²) in [6.07, 6.45) is 4.05. The van der Waals surface area contributed by atoms with Crippen LogP contribution in [-0.4, -0.2) is 16.4 Å². The average molecular weight is 217 g/mol. The van der Waals surface area contributed by atoms with Crippen molar-refractivity contribution in [2.75, 3.05) is 10.6 Å². The molecule has 1 aromatic heterocycles. The fourth-order valence-corrected chi connectivity index (χ4v) is 2.61. The smallest absolute Gasteiger partial charge is 0.250 e. The Kier molecular flexibility index (Phi) is 1.93. The summed E-state index contributed by atoms with van der Waals surface area (Å²) in [4.78, 5) is 16.5. The summed E-state index contributed by atoms with van der Waals surface area (Å²) >= 11 is 0. The highest BCUT2D eigenvalue weighted by Gasteiger charge is 2.44. The molecule has 3 rings (SSSR count). The van der Waals surface area contributed by atoms with Gasteiger partial charge in [-0.25, -0.2) is 4.98 Å². The van der Waals surface area contributed by atoms with Crippen molar-refractivity contribution in [2.24, 2.45) is 0 Å². The first-order chi connectivity index (χ1) is 7.70. The summed E-state index contributed by atoms with van der Waals surface area (Å²) < 4.78 is 0. The molecule has 2 N–H and O–H groups in total. The van der Waals surface area contributed by atoms with Crippen LogP contribution in [0, 0.1) is 6.92 Å². The second-order valence-electron chi connectivity index (χ2n) is 4.72. The van der Waals surface area contributed by atoms with Gasteiger partial charge in [-0.05, 0) is 31.9 Å². The molecule has 1 amide bonds. The zero-order chi connectivity index (χ0) is 11.2. The summed E-state index contributed by atoms with van der Waals surface area (Å²) in [6, 6.07) is 3.82. The van der Waals surface area contributed by atoms with E-state index in [-0.39, 0.29) is 5.91 Å². The summed E-state index contributed by atoms with van der Waals surface area (Å²) in [6.45, 7) is 1.96. The quantitative estimate of drug-likeness (QED) is 0.699. The number of aryl methyl sites for hydroxylation is 1. The van der Waals surface area contributed by atoms with Gasteiger partial charge in [-0.1, -0.05) is 12.8 Å². The number of hydrogen-bond donors (Lipinski definition) is 2. The number of hydrogen-bond acceptors (Lipinski definition) is 3. The first-order valence-electron chi connectivity index (χ1n) is 5.77. The number of carbonyl (C=O) groups is 1. The minimum atomic E-state index is -0.395. The molecule has 4 heteroatoms. The van der Waals surface area contributed by atoms with E-state index in [2.05, 4.69) is 15.6 Å². The largest absolute Gasteiger partial charge is 0.354 e. The van der Waals surface area contributed by atoms with E-state index in [9.17, 15) is 4.79 Å². The van der Waals surface area contributed by atoms with E-state index in [0.29, 0.717) is 0 Å². The van der Waals surface area contributed by atoms with Gasteiger partial charge in [0.25, 0.3) is 0 Å². The molecule has 84 valence electrons. The number of anilines is 2. The molecule has 1 aliphatic carbocycles. The van der Waals surface area contributed by atoms with E-state index in [1.807, 2.05) is 19.1 Å². The number of nitrogens with one attached hydrogen (secondary N) is 2. The van der Waals surface area contributed by atoms with Gasteiger partial charge >= 0.3 is 0 Å². The Balaban J connectivity index is 2.02. The molecular weight excluding hydrogens is 202 g/mol. The predicted molar refractivity (Wildman–Crippen MR) is 62.4 cm³/mol. The van der Waals surface area contributed by atoms with Gasteiger partial charge in [-0.2, -0.15) is 0 Å². The van der Waals surface area contributed by atoms with Gasteiger partial charge in [0, 0.05) is 5.69 Å². The fourth-order valence-electron chi connectivity index (χ4n) is 2.61. The van der Waals surface area contributed by atoms with Crippen LogP contribution in [0.2, 0.25) is 0 Å². The van der Waals surface area contributed by atoms with Gasteiger partial charge < -0.3 is 10.6 Å². The van der Waals surface area contributed by atoms with Gasteiger partial charge in [0.2, 0.25) is 5.91 Å². The van der Waals surface area contributed by atoms with Gasteiger partial charge in [-0.3, -0.25) is 4.79 Å². The maximum absolute atomic E-state index is 12.1. The Morgan fingerprint density at radius 2 is 2.06 bits per heavy atom. The summed E-state index contributed by atoms with van der Waals surface area (Å²) in [5, 5.41) is 6.30. The third kappa shape index (κ3) is 1.29. The molecule has 0 aromatic carbocycles. The Morgan fingerprint density at radius 1 is 1.31 bits per heavy atom. The van der Waals surface area contributed by atoms with Crippen LogP contribution in [0.3, 0.4) is 0 Å². The lowest BCUT2D eigenvalue weighted by Crippen LogP contribution is -2.50. The van der Waals surface area contributed by atoms with Crippen molar-refractivity contribution in [3.63, 3.8) is 0 Å². The third-order valence-corrected chi connectivity index (χ3v) is 3.53. The molecule has 1 aromatic rings.